The average molecular weight is 487 g/mol. The highest BCUT2D eigenvalue weighted by Gasteiger charge is 2.19. The molecule has 4 heterocycles. The van der Waals surface area contributed by atoms with E-state index in [1.807, 2.05) is 24.4 Å². The van der Waals surface area contributed by atoms with Gasteiger partial charge < -0.3 is 0 Å². The Bertz CT molecular complexity index is 2120. The standard InChI is InChI=1S/C34H22N4/c1-2-11-23(12-3-1)24-13-10-14-25(21-24)37-30-17-6-4-15-26(30)28-22-29-27-16-5-7-18-31(27)38(34(29)36-33(28)37)32-19-8-9-20-35-32/h1-22H. The average Bonchev–Trinajstić information content (AvgIpc) is 3.49. The molecule has 0 saturated heterocycles. The van der Waals surface area contributed by atoms with Crippen molar-refractivity contribution in [1.82, 2.24) is 19.1 Å². The van der Waals surface area contributed by atoms with Crippen molar-refractivity contribution in [3.63, 3.8) is 0 Å². The zero-order valence-electron chi connectivity index (χ0n) is 20.5. The molecule has 0 radical (unpaired) electrons. The zero-order valence-corrected chi connectivity index (χ0v) is 20.5. The lowest BCUT2D eigenvalue weighted by atomic mass is 10.1. The largest absolute Gasteiger partial charge is 0.294 e. The Labute approximate surface area is 219 Å². The molecule has 0 aliphatic carbocycles. The predicted molar refractivity (Wildman–Crippen MR) is 156 cm³/mol. The lowest BCUT2D eigenvalue weighted by Gasteiger charge is -2.10. The summed E-state index contributed by atoms with van der Waals surface area (Å²) in [5.74, 6) is 0.860. The second-order valence-corrected chi connectivity index (χ2v) is 9.54. The molecule has 178 valence electrons. The van der Waals surface area contributed by atoms with Crippen LogP contribution < -0.4 is 0 Å². The van der Waals surface area contributed by atoms with E-state index in [0.29, 0.717) is 0 Å². The van der Waals surface area contributed by atoms with Gasteiger partial charge in [0.1, 0.15) is 17.1 Å². The molecule has 0 N–H and O–H groups in total. The number of rotatable bonds is 3. The Morgan fingerprint density at radius 2 is 1.08 bits per heavy atom. The topological polar surface area (TPSA) is 35.6 Å². The van der Waals surface area contributed by atoms with E-state index in [2.05, 4.69) is 123 Å². The van der Waals surface area contributed by atoms with Gasteiger partial charge in [-0.25, -0.2) is 9.97 Å². The molecule has 8 rings (SSSR count). The molecular formula is C34H22N4. The maximum absolute atomic E-state index is 5.39. The summed E-state index contributed by atoms with van der Waals surface area (Å²) in [5, 5.41) is 4.63. The molecule has 4 nitrogen and oxygen atoms in total. The summed E-state index contributed by atoms with van der Waals surface area (Å²) in [5.41, 5.74) is 7.54. The van der Waals surface area contributed by atoms with E-state index in [-0.39, 0.29) is 0 Å². The summed E-state index contributed by atoms with van der Waals surface area (Å²) in [6.45, 7) is 0. The van der Waals surface area contributed by atoms with Crippen molar-refractivity contribution < 1.29 is 0 Å². The van der Waals surface area contributed by atoms with E-state index < -0.39 is 0 Å². The van der Waals surface area contributed by atoms with Crippen molar-refractivity contribution >= 4 is 43.9 Å². The van der Waals surface area contributed by atoms with Crippen LogP contribution in [-0.2, 0) is 0 Å². The van der Waals surface area contributed by atoms with Gasteiger partial charge in [-0.15, -0.1) is 0 Å². The lowest BCUT2D eigenvalue weighted by Crippen LogP contribution is -2.00. The van der Waals surface area contributed by atoms with E-state index >= 15 is 0 Å². The van der Waals surface area contributed by atoms with Crippen LogP contribution in [0.5, 0.6) is 0 Å². The fraction of sp³-hybridized carbons (Fsp3) is 0. The second kappa shape index (κ2) is 8.15. The minimum atomic E-state index is 0.860. The summed E-state index contributed by atoms with van der Waals surface area (Å²) in [4.78, 5) is 10.1. The first kappa shape index (κ1) is 20.9. The van der Waals surface area contributed by atoms with Crippen molar-refractivity contribution in [2.45, 2.75) is 0 Å². The number of hydrogen-bond donors (Lipinski definition) is 0. The molecule has 0 bridgehead atoms. The molecule has 0 amide bonds. The lowest BCUT2D eigenvalue weighted by molar-refractivity contribution is 1.05. The van der Waals surface area contributed by atoms with Crippen LogP contribution in [0.3, 0.4) is 0 Å². The SMILES string of the molecule is c1ccc(-c2cccc(-n3c4ccccc4c4cc5c6ccccc6n(-c6ccccn6)c5nc43)c2)cc1. The highest BCUT2D eigenvalue weighted by Crippen LogP contribution is 2.37. The van der Waals surface area contributed by atoms with Crippen LogP contribution in [0.25, 0.3) is 66.5 Å². The molecule has 4 aromatic carbocycles. The number of aromatic nitrogens is 4. The van der Waals surface area contributed by atoms with Crippen LogP contribution in [0, 0.1) is 0 Å². The van der Waals surface area contributed by atoms with Gasteiger partial charge in [0.25, 0.3) is 0 Å². The second-order valence-electron chi connectivity index (χ2n) is 9.54. The maximum atomic E-state index is 5.39. The van der Waals surface area contributed by atoms with Crippen molar-refractivity contribution in [2.75, 3.05) is 0 Å². The molecule has 0 fully saturated rings. The third-order valence-electron chi connectivity index (χ3n) is 7.37. The maximum Gasteiger partial charge on any atom is 0.149 e. The quantitative estimate of drug-likeness (QED) is 0.252. The summed E-state index contributed by atoms with van der Waals surface area (Å²) in [6, 6.07) is 44.6. The minimum absolute atomic E-state index is 0.860. The first-order valence-electron chi connectivity index (χ1n) is 12.8. The number of benzene rings is 4. The van der Waals surface area contributed by atoms with Gasteiger partial charge in [0.2, 0.25) is 0 Å². The Kier molecular flexibility index (Phi) is 4.49. The van der Waals surface area contributed by atoms with Gasteiger partial charge in [0.05, 0.1) is 11.0 Å². The van der Waals surface area contributed by atoms with Crippen molar-refractivity contribution in [3.8, 4) is 22.6 Å². The minimum Gasteiger partial charge on any atom is -0.294 e. The molecule has 0 aliphatic heterocycles. The van der Waals surface area contributed by atoms with Gasteiger partial charge >= 0.3 is 0 Å². The number of nitrogens with zero attached hydrogens (tertiary/aromatic N) is 4. The molecule has 0 atom stereocenters. The molecule has 38 heavy (non-hydrogen) atoms. The Balaban J connectivity index is 1.50. The van der Waals surface area contributed by atoms with Crippen molar-refractivity contribution in [3.05, 3.63) is 134 Å². The van der Waals surface area contributed by atoms with Crippen LogP contribution in [0.4, 0.5) is 0 Å². The highest BCUT2D eigenvalue weighted by molar-refractivity contribution is 6.16. The van der Waals surface area contributed by atoms with E-state index in [4.69, 9.17) is 4.98 Å². The summed E-state index contributed by atoms with van der Waals surface area (Å²) >= 11 is 0. The monoisotopic (exact) mass is 486 g/mol. The molecule has 0 saturated carbocycles. The number of para-hydroxylation sites is 2. The molecular weight excluding hydrogens is 464 g/mol. The summed E-state index contributed by atoms with van der Waals surface area (Å²) in [7, 11) is 0. The van der Waals surface area contributed by atoms with Crippen LogP contribution in [0.1, 0.15) is 0 Å². The normalized spacial score (nSPS) is 11.7. The first-order valence-corrected chi connectivity index (χ1v) is 12.8. The Morgan fingerprint density at radius 1 is 0.447 bits per heavy atom. The molecule has 4 aromatic heterocycles. The van der Waals surface area contributed by atoms with Crippen molar-refractivity contribution in [2.24, 2.45) is 0 Å². The predicted octanol–water partition coefficient (Wildman–Crippen LogP) is 8.34. The molecule has 0 unspecified atom stereocenters. The zero-order chi connectivity index (χ0) is 25.1. The number of fused-ring (bicyclic) bond motifs is 6. The molecule has 0 aliphatic rings. The third kappa shape index (κ3) is 3.04. The summed E-state index contributed by atoms with van der Waals surface area (Å²) < 4.78 is 4.46. The summed E-state index contributed by atoms with van der Waals surface area (Å²) in [6.07, 6.45) is 1.83. The molecule has 4 heteroatoms. The first-order chi connectivity index (χ1) is 18.9. The Morgan fingerprint density at radius 3 is 1.82 bits per heavy atom. The third-order valence-corrected chi connectivity index (χ3v) is 7.37. The van der Waals surface area contributed by atoms with Gasteiger partial charge in [-0.1, -0.05) is 84.9 Å². The fourth-order valence-electron chi connectivity index (χ4n) is 5.69. The van der Waals surface area contributed by atoms with Gasteiger partial charge in [-0.3, -0.25) is 9.13 Å². The van der Waals surface area contributed by atoms with E-state index in [1.165, 1.54) is 21.9 Å². The smallest absolute Gasteiger partial charge is 0.149 e. The van der Waals surface area contributed by atoms with E-state index in [9.17, 15) is 0 Å². The highest BCUT2D eigenvalue weighted by atomic mass is 15.1. The van der Waals surface area contributed by atoms with Crippen LogP contribution in [0.15, 0.2) is 134 Å². The van der Waals surface area contributed by atoms with Gasteiger partial charge in [-0.05, 0) is 53.6 Å². The van der Waals surface area contributed by atoms with E-state index in [1.54, 1.807) is 0 Å². The molecule has 0 spiro atoms. The number of pyridine rings is 2. The number of hydrogen-bond acceptors (Lipinski definition) is 2. The fourth-order valence-corrected chi connectivity index (χ4v) is 5.69. The molecule has 8 aromatic rings. The van der Waals surface area contributed by atoms with Gasteiger partial charge in [-0.2, -0.15) is 0 Å². The van der Waals surface area contributed by atoms with Crippen LogP contribution in [0.2, 0.25) is 0 Å². The van der Waals surface area contributed by atoms with Crippen molar-refractivity contribution in [1.29, 1.82) is 0 Å². The van der Waals surface area contributed by atoms with Crippen LogP contribution in [-0.4, -0.2) is 19.1 Å². The Hall–Kier alpha value is -5.22. The van der Waals surface area contributed by atoms with Gasteiger partial charge in [0.15, 0.2) is 0 Å². The van der Waals surface area contributed by atoms with Gasteiger partial charge in [0, 0.05) is 33.4 Å². The van der Waals surface area contributed by atoms with E-state index in [0.717, 1.165) is 44.6 Å². The van der Waals surface area contributed by atoms with Crippen LogP contribution >= 0.6 is 0 Å².